The molecule has 2 aliphatic heterocycles. The van der Waals surface area contributed by atoms with Gasteiger partial charge in [0.15, 0.2) is 0 Å². The van der Waals surface area contributed by atoms with Crippen molar-refractivity contribution in [2.45, 2.75) is 18.9 Å². The molecule has 2 amide bonds. The molecule has 31 heavy (non-hydrogen) atoms. The maximum Gasteiger partial charge on any atom is 0.251 e. The first-order chi connectivity index (χ1) is 15.1. The standard InChI is InChI=1S/C24H31N5O2/c1-25-24(31)19-6-4-5-18(15-19)22-16-26-11-14-29(22)17-23(30)27-20-7-9-21(10-8-20)28-12-2-3-13-28/h4-10,15,22,26H,2-3,11-14,16-17H2,1H3,(H,25,31)(H,27,30)/t22-/m0/s1. The molecule has 2 aromatic carbocycles. The maximum absolute atomic E-state index is 12.8. The summed E-state index contributed by atoms with van der Waals surface area (Å²) in [7, 11) is 1.63. The Morgan fingerprint density at radius 2 is 1.84 bits per heavy atom. The van der Waals surface area contributed by atoms with Crippen molar-refractivity contribution < 1.29 is 9.59 Å². The smallest absolute Gasteiger partial charge is 0.251 e. The number of carbonyl (C=O) groups excluding carboxylic acids is 2. The first-order valence-corrected chi connectivity index (χ1v) is 11.1. The van der Waals surface area contributed by atoms with Gasteiger partial charge in [-0.15, -0.1) is 0 Å². The minimum absolute atomic E-state index is 0.0247. The van der Waals surface area contributed by atoms with Gasteiger partial charge in [-0.2, -0.15) is 0 Å². The number of rotatable bonds is 6. The molecular formula is C24H31N5O2. The highest BCUT2D eigenvalue weighted by molar-refractivity contribution is 5.94. The number of benzene rings is 2. The maximum atomic E-state index is 12.8. The lowest BCUT2D eigenvalue weighted by Crippen LogP contribution is -2.48. The van der Waals surface area contributed by atoms with Crippen molar-refractivity contribution >= 4 is 23.2 Å². The van der Waals surface area contributed by atoms with Crippen molar-refractivity contribution in [3.8, 4) is 0 Å². The zero-order valence-corrected chi connectivity index (χ0v) is 18.1. The Kier molecular flexibility index (Phi) is 6.84. The highest BCUT2D eigenvalue weighted by Crippen LogP contribution is 2.24. The highest BCUT2D eigenvalue weighted by atomic mass is 16.2. The van der Waals surface area contributed by atoms with E-state index in [4.69, 9.17) is 0 Å². The monoisotopic (exact) mass is 421 g/mol. The van der Waals surface area contributed by atoms with Crippen molar-refractivity contribution in [1.82, 2.24) is 15.5 Å². The van der Waals surface area contributed by atoms with Gasteiger partial charge in [-0.1, -0.05) is 12.1 Å². The number of hydrogen-bond acceptors (Lipinski definition) is 5. The summed E-state index contributed by atoms with van der Waals surface area (Å²) in [4.78, 5) is 29.3. The molecule has 2 heterocycles. The van der Waals surface area contributed by atoms with Gasteiger partial charge in [-0.05, 0) is 54.8 Å². The summed E-state index contributed by atoms with van der Waals surface area (Å²) in [5.41, 5.74) is 3.71. The lowest BCUT2D eigenvalue weighted by atomic mass is 10.0. The number of nitrogens with one attached hydrogen (secondary N) is 3. The summed E-state index contributed by atoms with van der Waals surface area (Å²) < 4.78 is 0. The second kappa shape index (κ2) is 9.94. The van der Waals surface area contributed by atoms with Crippen LogP contribution in [0.15, 0.2) is 48.5 Å². The van der Waals surface area contributed by atoms with E-state index in [2.05, 4.69) is 37.9 Å². The third-order valence-electron chi connectivity index (χ3n) is 6.08. The Bertz CT molecular complexity index is 908. The zero-order chi connectivity index (χ0) is 21.6. The summed E-state index contributed by atoms with van der Waals surface area (Å²) in [6, 6.07) is 15.8. The van der Waals surface area contributed by atoms with Crippen molar-refractivity contribution in [2.24, 2.45) is 0 Å². The molecule has 0 radical (unpaired) electrons. The largest absolute Gasteiger partial charge is 0.372 e. The van der Waals surface area contributed by atoms with Crippen molar-refractivity contribution in [1.29, 1.82) is 0 Å². The molecule has 2 aliphatic rings. The predicted octanol–water partition coefficient (Wildman–Crippen LogP) is 2.23. The summed E-state index contributed by atoms with van der Waals surface area (Å²) in [6.45, 7) is 4.88. The van der Waals surface area contributed by atoms with E-state index in [1.807, 2.05) is 30.3 Å². The Labute approximate surface area is 183 Å². The van der Waals surface area contributed by atoms with Crippen molar-refractivity contribution in [2.75, 3.05) is 56.5 Å². The Hall–Kier alpha value is -2.90. The number of anilines is 2. The van der Waals surface area contributed by atoms with Crippen LogP contribution in [0.2, 0.25) is 0 Å². The number of carbonyl (C=O) groups is 2. The molecular weight excluding hydrogens is 390 g/mol. The Balaban J connectivity index is 1.40. The van der Waals surface area contributed by atoms with Crippen LogP contribution in [-0.2, 0) is 4.79 Å². The molecule has 2 fully saturated rings. The summed E-state index contributed by atoms with van der Waals surface area (Å²) >= 11 is 0. The molecule has 0 aromatic heterocycles. The van der Waals surface area contributed by atoms with Crippen LogP contribution >= 0.6 is 0 Å². The molecule has 0 aliphatic carbocycles. The van der Waals surface area contributed by atoms with Gasteiger partial charge < -0.3 is 20.9 Å². The molecule has 2 saturated heterocycles. The van der Waals surface area contributed by atoms with Gasteiger partial charge in [0.1, 0.15) is 0 Å². The normalized spacial score (nSPS) is 19.3. The van der Waals surface area contributed by atoms with Crippen molar-refractivity contribution in [3.05, 3.63) is 59.7 Å². The van der Waals surface area contributed by atoms with E-state index in [-0.39, 0.29) is 17.9 Å². The average Bonchev–Trinajstić information content (AvgIpc) is 3.34. The quantitative estimate of drug-likeness (QED) is 0.667. The van der Waals surface area contributed by atoms with Crippen LogP contribution < -0.4 is 20.9 Å². The Morgan fingerprint density at radius 3 is 2.58 bits per heavy atom. The van der Waals surface area contributed by atoms with Gasteiger partial charge in [0, 0.05) is 62.8 Å². The second-order valence-corrected chi connectivity index (χ2v) is 8.18. The van der Waals surface area contributed by atoms with Crippen LogP contribution in [0.5, 0.6) is 0 Å². The van der Waals surface area contributed by atoms with Gasteiger partial charge in [0.05, 0.1) is 6.54 Å². The van der Waals surface area contributed by atoms with E-state index in [0.717, 1.165) is 44.0 Å². The minimum atomic E-state index is -0.104. The molecule has 2 aromatic rings. The number of hydrogen-bond donors (Lipinski definition) is 3. The molecule has 0 spiro atoms. The molecule has 7 nitrogen and oxygen atoms in total. The van der Waals surface area contributed by atoms with Gasteiger partial charge in [0.2, 0.25) is 5.91 Å². The lowest BCUT2D eigenvalue weighted by Gasteiger charge is -2.36. The van der Waals surface area contributed by atoms with Crippen LogP contribution in [0.3, 0.4) is 0 Å². The fourth-order valence-corrected chi connectivity index (χ4v) is 4.41. The van der Waals surface area contributed by atoms with E-state index in [1.54, 1.807) is 13.1 Å². The fourth-order valence-electron chi connectivity index (χ4n) is 4.41. The molecule has 7 heteroatoms. The molecule has 4 rings (SSSR count). The summed E-state index contributed by atoms with van der Waals surface area (Å²) in [5.74, 6) is -0.129. The highest BCUT2D eigenvalue weighted by Gasteiger charge is 2.26. The van der Waals surface area contributed by atoms with Crippen LogP contribution in [0.4, 0.5) is 11.4 Å². The van der Waals surface area contributed by atoms with E-state index in [0.29, 0.717) is 12.1 Å². The zero-order valence-electron chi connectivity index (χ0n) is 18.1. The first-order valence-electron chi connectivity index (χ1n) is 11.1. The number of amides is 2. The Morgan fingerprint density at radius 1 is 1.06 bits per heavy atom. The van der Waals surface area contributed by atoms with Crippen LogP contribution in [0.1, 0.15) is 34.8 Å². The molecule has 164 valence electrons. The van der Waals surface area contributed by atoms with Gasteiger partial charge >= 0.3 is 0 Å². The topological polar surface area (TPSA) is 76.7 Å². The van der Waals surface area contributed by atoms with Crippen molar-refractivity contribution in [3.63, 3.8) is 0 Å². The van der Waals surface area contributed by atoms with E-state index < -0.39 is 0 Å². The summed E-state index contributed by atoms with van der Waals surface area (Å²) in [6.07, 6.45) is 2.49. The van der Waals surface area contributed by atoms with E-state index in [1.165, 1.54) is 18.5 Å². The molecule has 3 N–H and O–H groups in total. The van der Waals surface area contributed by atoms with E-state index in [9.17, 15) is 9.59 Å². The summed E-state index contributed by atoms with van der Waals surface area (Å²) in [5, 5.41) is 9.11. The molecule has 0 saturated carbocycles. The van der Waals surface area contributed by atoms with E-state index >= 15 is 0 Å². The molecule has 1 atom stereocenters. The third kappa shape index (κ3) is 5.24. The average molecular weight is 422 g/mol. The SMILES string of the molecule is CNC(=O)c1cccc([C@@H]2CNCCN2CC(=O)Nc2ccc(N3CCCC3)cc2)c1. The molecule has 0 bridgehead atoms. The lowest BCUT2D eigenvalue weighted by molar-refractivity contribution is -0.118. The van der Waals surface area contributed by atoms with Gasteiger partial charge in [-0.25, -0.2) is 0 Å². The third-order valence-corrected chi connectivity index (χ3v) is 6.08. The second-order valence-electron chi connectivity index (χ2n) is 8.18. The van der Waals surface area contributed by atoms with Gasteiger partial charge in [-0.3, -0.25) is 14.5 Å². The van der Waals surface area contributed by atoms with Crippen LogP contribution in [0.25, 0.3) is 0 Å². The van der Waals surface area contributed by atoms with Crippen LogP contribution in [0, 0.1) is 0 Å². The van der Waals surface area contributed by atoms with Crippen LogP contribution in [-0.4, -0.2) is 63.0 Å². The number of nitrogens with zero attached hydrogens (tertiary/aromatic N) is 2. The first kappa shape index (κ1) is 21.3. The minimum Gasteiger partial charge on any atom is -0.372 e. The predicted molar refractivity (Wildman–Crippen MR) is 124 cm³/mol. The number of piperazine rings is 1. The fraction of sp³-hybridized carbons (Fsp3) is 0.417. The molecule has 0 unspecified atom stereocenters. The van der Waals surface area contributed by atoms with Gasteiger partial charge in [0.25, 0.3) is 5.91 Å².